The number of aliphatic hydroxyl groups is 1. The first-order valence-electron chi connectivity index (χ1n) is 10.2. The zero-order chi connectivity index (χ0) is 23.1. The van der Waals surface area contributed by atoms with Crippen molar-refractivity contribution in [3.63, 3.8) is 0 Å². The van der Waals surface area contributed by atoms with Crippen LogP contribution < -0.4 is 10.6 Å². The summed E-state index contributed by atoms with van der Waals surface area (Å²) >= 11 is 0. The van der Waals surface area contributed by atoms with Crippen LogP contribution in [0.4, 0.5) is 4.79 Å². The van der Waals surface area contributed by atoms with Crippen LogP contribution in [-0.4, -0.2) is 67.2 Å². The fourth-order valence-corrected chi connectivity index (χ4v) is 3.73. The largest absolute Gasteiger partial charge is 0.480 e. The number of alkyl carbamates (subject to hydrolysis) is 1. The molecule has 0 saturated carbocycles. The molecule has 2 amide bonds. The van der Waals surface area contributed by atoms with E-state index in [4.69, 9.17) is 19.7 Å². The molecule has 1 unspecified atom stereocenters. The normalized spacial score (nSPS) is 14.1. The maximum Gasteiger partial charge on any atom is 0.407 e. The van der Waals surface area contributed by atoms with Crippen LogP contribution in [0.15, 0.2) is 48.5 Å². The second-order valence-electron chi connectivity index (χ2n) is 7.41. The van der Waals surface area contributed by atoms with Gasteiger partial charge in [-0.2, -0.15) is 0 Å². The number of carboxylic acid groups (broad SMARTS) is 1. The lowest BCUT2D eigenvalue weighted by atomic mass is 9.98. The Morgan fingerprint density at radius 3 is 2.16 bits per heavy atom. The summed E-state index contributed by atoms with van der Waals surface area (Å²) in [7, 11) is 1.37. The van der Waals surface area contributed by atoms with Gasteiger partial charge >= 0.3 is 12.1 Å². The second kappa shape index (κ2) is 10.7. The number of amides is 2. The van der Waals surface area contributed by atoms with Crippen molar-refractivity contribution in [1.82, 2.24) is 10.6 Å². The molecule has 3 rings (SSSR count). The van der Waals surface area contributed by atoms with Crippen molar-refractivity contribution in [1.29, 1.82) is 0 Å². The van der Waals surface area contributed by atoms with Gasteiger partial charge in [0.15, 0.2) is 0 Å². The highest BCUT2D eigenvalue weighted by atomic mass is 16.5. The molecular weight excluding hydrogens is 416 g/mol. The summed E-state index contributed by atoms with van der Waals surface area (Å²) < 4.78 is 10.6. The Hall–Kier alpha value is -3.43. The van der Waals surface area contributed by atoms with E-state index >= 15 is 0 Å². The minimum absolute atomic E-state index is 0.00252. The minimum atomic E-state index is -1.39. The molecule has 9 heteroatoms. The van der Waals surface area contributed by atoms with Crippen molar-refractivity contribution >= 4 is 18.0 Å². The molecule has 0 aliphatic heterocycles. The molecule has 32 heavy (non-hydrogen) atoms. The molecule has 0 aromatic heterocycles. The molecule has 2 aromatic rings. The minimum Gasteiger partial charge on any atom is -0.480 e. The number of rotatable bonds is 10. The number of methoxy groups -OCH3 is 1. The third-order valence-electron chi connectivity index (χ3n) is 5.38. The molecule has 1 aliphatic rings. The number of ether oxygens (including phenoxy) is 2. The van der Waals surface area contributed by atoms with Crippen molar-refractivity contribution in [3.8, 4) is 11.1 Å². The third kappa shape index (κ3) is 5.43. The molecule has 2 atom stereocenters. The van der Waals surface area contributed by atoms with Gasteiger partial charge in [-0.05, 0) is 22.3 Å². The van der Waals surface area contributed by atoms with Crippen molar-refractivity contribution in [2.75, 3.05) is 26.9 Å². The Bertz CT molecular complexity index is 933. The van der Waals surface area contributed by atoms with Crippen LogP contribution in [0.3, 0.4) is 0 Å². The van der Waals surface area contributed by atoms with E-state index in [2.05, 4.69) is 10.6 Å². The summed E-state index contributed by atoms with van der Waals surface area (Å²) in [5.41, 5.74) is 4.46. The Kier molecular flexibility index (Phi) is 7.80. The van der Waals surface area contributed by atoms with Crippen LogP contribution in [0.2, 0.25) is 0 Å². The number of aliphatic hydroxyl groups excluding tert-OH is 1. The molecule has 0 spiro atoms. The number of hydrogen-bond acceptors (Lipinski definition) is 6. The SMILES string of the molecule is COC(CNC(=O)OCC1c2ccccc2-c2ccccc21)CC(=O)N[C@H](CO)C(=O)O. The van der Waals surface area contributed by atoms with E-state index < -0.39 is 36.7 Å². The molecule has 9 nitrogen and oxygen atoms in total. The van der Waals surface area contributed by atoms with Crippen LogP contribution in [0.1, 0.15) is 23.5 Å². The summed E-state index contributed by atoms with van der Waals surface area (Å²) in [5, 5.41) is 22.6. The highest BCUT2D eigenvalue weighted by Crippen LogP contribution is 2.44. The quantitative estimate of drug-likeness (QED) is 0.438. The van der Waals surface area contributed by atoms with Gasteiger partial charge in [-0.15, -0.1) is 0 Å². The lowest BCUT2D eigenvalue weighted by molar-refractivity contribution is -0.143. The molecule has 0 heterocycles. The van der Waals surface area contributed by atoms with E-state index in [1.807, 2.05) is 48.5 Å². The first kappa shape index (κ1) is 23.2. The van der Waals surface area contributed by atoms with E-state index in [1.54, 1.807) is 0 Å². The molecule has 0 fully saturated rings. The number of carboxylic acids is 1. The standard InChI is InChI=1S/C23H26N2O7/c1-31-14(10-21(27)25-20(12-26)22(28)29)11-24-23(30)32-13-19-17-8-4-2-6-15(17)16-7-3-5-9-18(16)19/h2-9,14,19-20,26H,10-13H2,1H3,(H,24,30)(H,25,27)(H,28,29)/t14?,20-/m1/s1. The number of carbonyl (C=O) groups is 3. The van der Waals surface area contributed by atoms with Crippen molar-refractivity contribution in [3.05, 3.63) is 59.7 Å². The van der Waals surface area contributed by atoms with E-state index in [-0.39, 0.29) is 25.5 Å². The Labute approximate surface area is 185 Å². The lowest BCUT2D eigenvalue weighted by Gasteiger charge is -2.18. The summed E-state index contributed by atoms with van der Waals surface area (Å²) in [6.07, 6.45) is -1.53. The van der Waals surface area contributed by atoms with Gasteiger partial charge < -0.3 is 30.3 Å². The highest BCUT2D eigenvalue weighted by Gasteiger charge is 2.29. The molecule has 0 radical (unpaired) electrons. The smallest absolute Gasteiger partial charge is 0.407 e. The molecule has 0 saturated heterocycles. The number of hydrogen-bond donors (Lipinski definition) is 4. The lowest BCUT2D eigenvalue weighted by Crippen LogP contribution is -2.45. The number of nitrogens with one attached hydrogen (secondary N) is 2. The first-order chi connectivity index (χ1) is 15.4. The average molecular weight is 442 g/mol. The maximum atomic E-state index is 12.2. The van der Waals surface area contributed by atoms with Gasteiger partial charge in [-0.3, -0.25) is 4.79 Å². The van der Waals surface area contributed by atoms with E-state index in [1.165, 1.54) is 7.11 Å². The summed E-state index contributed by atoms with van der Waals surface area (Å²) in [6, 6.07) is 14.6. The number of carbonyl (C=O) groups excluding carboxylic acids is 2. The molecule has 0 bridgehead atoms. The van der Waals surface area contributed by atoms with Crippen molar-refractivity contribution < 1.29 is 34.1 Å². The summed E-state index contributed by atoms with van der Waals surface area (Å²) in [4.78, 5) is 35.1. The van der Waals surface area contributed by atoms with Crippen LogP contribution in [0, 0.1) is 0 Å². The fourth-order valence-electron chi connectivity index (χ4n) is 3.73. The van der Waals surface area contributed by atoms with Crippen molar-refractivity contribution in [2.45, 2.75) is 24.5 Å². The predicted octanol–water partition coefficient (Wildman–Crippen LogP) is 1.49. The van der Waals surface area contributed by atoms with Gasteiger partial charge in [0.2, 0.25) is 5.91 Å². The van der Waals surface area contributed by atoms with Gasteiger partial charge in [0.05, 0.1) is 19.1 Å². The highest BCUT2D eigenvalue weighted by molar-refractivity contribution is 5.84. The molecule has 2 aromatic carbocycles. The summed E-state index contributed by atoms with van der Waals surface area (Å²) in [6.45, 7) is -0.567. The van der Waals surface area contributed by atoms with E-state index in [9.17, 15) is 14.4 Å². The van der Waals surface area contributed by atoms with Gasteiger partial charge in [-0.25, -0.2) is 9.59 Å². The molecular formula is C23H26N2O7. The van der Waals surface area contributed by atoms with Crippen LogP contribution in [0.25, 0.3) is 11.1 Å². The Morgan fingerprint density at radius 1 is 1.03 bits per heavy atom. The topological polar surface area (TPSA) is 134 Å². The molecule has 1 aliphatic carbocycles. The number of aliphatic carboxylic acids is 1. The van der Waals surface area contributed by atoms with E-state index in [0.29, 0.717) is 0 Å². The maximum absolute atomic E-state index is 12.2. The zero-order valence-corrected chi connectivity index (χ0v) is 17.6. The van der Waals surface area contributed by atoms with Gasteiger partial charge in [0.25, 0.3) is 0 Å². The monoisotopic (exact) mass is 442 g/mol. The average Bonchev–Trinajstić information content (AvgIpc) is 3.12. The predicted molar refractivity (Wildman–Crippen MR) is 115 cm³/mol. The van der Waals surface area contributed by atoms with Crippen molar-refractivity contribution in [2.24, 2.45) is 0 Å². The first-order valence-corrected chi connectivity index (χ1v) is 10.2. The third-order valence-corrected chi connectivity index (χ3v) is 5.38. The Balaban J connectivity index is 1.51. The molecule has 4 N–H and O–H groups in total. The second-order valence-corrected chi connectivity index (χ2v) is 7.41. The van der Waals surface area contributed by atoms with Gasteiger partial charge in [-0.1, -0.05) is 48.5 Å². The Morgan fingerprint density at radius 2 is 1.62 bits per heavy atom. The van der Waals surface area contributed by atoms with Crippen LogP contribution >= 0.6 is 0 Å². The number of benzene rings is 2. The van der Waals surface area contributed by atoms with Gasteiger partial charge in [0, 0.05) is 19.6 Å². The van der Waals surface area contributed by atoms with Crippen LogP contribution in [-0.2, 0) is 19.1 Å². The molecule has 170 valence electrons. The van der Waals surface area contributed by atoms with Crippen LogP contribution in [0.5, 0.6) is 0 Å². The fraction of sp³-hybridized carbons (Fsp3) is 0.348. The summed E-state index contributed by atoms with van der Waals surface area (Å²) in [5.74, 6) is -2.03. The zero-order valence-electron chi connectivity index (χ0n) is 17.6. The van der Waals surface area contributed by atoms with Gasteiger partial charge in [0.1, 0.15) is 12.6 Å². The van der Waals surface area contributed by atoms with E-state index in [0.717, 1.165) is 22.3 Å². The number of fused-ring (bicyclic) bond motifs is 3.